The van der Waals surface area contributed by atoms with E-state index in [1.807, 2.05) is 17.1 Å². The zero-order valence-corrected chi connectivity index (χ0v) is 23.5. The van der Waals surface area contributed by atoms with Crippen LogP contribution in [0.2, 0.25) is 0 Å². The second-order valence-electron chi connectivity index (χ2n) is 10.7. The van der Waals surface area contributed by atoms with Crippen molar-refractivity contribution in [2.45, 2.75) is 83.4 Å². The summed E-state index contributed by atoms with van der Waals surface area (Å²) in [6.07, 6.45) is 13.6. The number of pyridine rings is 1. The number of hydrogen-bond acceptors (Lipinski definition) is 7. The van der Waals surface area contributed by atoms with Crippen LogP contribution >= 0.6 is 11.6 Å². The number of nitriles is 1. The van der Waals surface area contributed by atoms with E-state index in [9.17, 15) is 5.26 Å². The molecule has 38 heavy (non-hydrogen) atoms. The molecule has 1 saturated heterocycles. The first kappa shape index (κ1) is 28.7. The molecule has 2 N–H and O–H groups in total. The Labute approximate surface area is 232 Å². The predicted molar refractivity (Wildman–Crippen MR) is 151 cm³/mol. The van der Waals surface area contributed by atoms with E-state index in [0.717, 1.165) is 25.1 Å². The minimum Gasteiger partial charge on any atom is -0.376 e. The molecular weight excluding hydrogens is 503 g/mol. The molecule has 0 bridgehead atoms. The monoisotopic (exact) mass is 544 g/mol. The van der Waals surface area contributed by atoms with Crippen LogP contribution in [0, 0.1) is 23.1 Å². The van der Waals surface area contributed by atoms with Crippen molar-refractivity contribution >= 4 is 23.1 Å². The number of allylic oxidation sites excluding steroid dienone is 2. The molecule has 0 aromatic carbocycles. The van der Waals surface area contributed by atoms with Crippen molar-refractivity contribution in [2.75, 3.05) is 43.0 Å². The van der Waals surface area contributed by atoms with Crippen molar-refractivity contribution < 1.29 is 9.13 Å². The number of nitrogens with one attached hydrogen (secondary N) is 2. The average molecular weight is 545 g/mol. The summed E-state index contributed by atoms with van der Waals surface area (Å²) in [4.78, 5) is 8.81. The Bertz CT molecular complexity index is 1010. The van der Waals surface area contributed by atoms with Gasteiger partial charge < -0.3 is 25.2 Å². The highest BCUT2D eigenvalue weighted by atomic mass is 35.5. The summed E-state index contributed by atoms with van der Waals surface area (Å²) in [5, 5.41) is 16.7. The fourth-order valence-corrected chi connectivity index (χ4v) is 6.03. The minimum absolute atomic E-state index is 0.0165. The molecule has 1 aromatic rings. The highest BCUT2D eigenvalue weighted by Gasteiger charge is 2.29. The van der Waals surface area contributed by atoms with E-state index < -0.39 is 5.82 Å². The van der Waals surface area contributed by atoms with Crippen LogP contribution in [0.25, 0.3) is 0 Å². The van der Waals surface area contributed by atoms with Crippen LogP contribution < -0.4 is 15.5 Å². The topological polar surface area (TPSA) is 76.5 Å². The Balaban J connectivity index is 1.40. The van der Waals surface area contributed by atoms with E-state index in [1.54, 1.807) is 12.3 Å². The second kappa shape index (κ2) is 14.2. The van der Waals surface area contributed by atoms with Gasteiger partial charge in [0.25, 0.3) is 0 Å². The zero-order chi connectivity index (χ0) is 26.9. The Hall–Kier alpha value is -2.34. The zero-order valence-electron chi connectivity index (χ0n) is 22.8. The van der Waals surface area contributed by atoms with Crippen LogP contribution in [0.15, 0.2) is 35.3 Å². The SMILES string of the molecule is CCCN(CCC)[C@H]1CC[C@H](NC2=CC=C(Cl)CN2c2ccnc(NCC3CC(C#N)CCO3)c2F)CC1. The molecule has 2 fully saturated rings. The van der Waals surface area contributed by atoms with Crippen LogP contribution in [0.1, 0.15) is 65.2 Å². The average Bonchev–Trinajstić information content (AvgIpc) is 2.94. The lowest BCUT2D eigenvalue weighted by molar-refractivity contribution is 0.0104. The molecule has 4 rings (SSSR count). The normalized spacial score (nSPS) is 25.9. The van der Waals surface area contributed by atoms with Crippen molar-refractivity contribution in [2.24, 2.45) is 5.92 Å². The van der Waals surface area contributed by atoms with Crippen LogP contribution in [0.4, 0.5) is 15.9 Å². The number of aromatic nitrogens is 1. The molecule has 2 aliphatic heterocycles. The molecule has 7 nitrogen and oxygen atoms in total. The fraction of sp³-hybridized carbons (Fsp3) is 0.655. The van der Waals surface area contributed by atoms with Crippen LogP contribution in [0.3, 0.4) is 0 Å². The lowest BCUT2D eigenvalue weighted by Gasteiger charge is -2.39. The van der Waals surface area contributed by atoms with Crippen LogP contribution in [-0.2, 0) is 4.74 Å². The molecule has 3 aliphatic rings. The summed E-state index contributed by atoms with van der Waals surface area (Å²) in [5.41, 5.74) is 0.428. The molecule has 0 radical (unpaired) electrons. The Morgan fingerprint density at radius 2 is 1.95 bits per heavy atom. The van der Waals surface area contributed by atoms with Crippen LogP contribution in [-0.4, -0.2) is 60.9 Å². The smallest absolute Gasteiger partial charge is 0.189 e. The molecule has 0 amide bonds. The lowest BCUT2D eigenvalue weighted by atomic mass is 9.89. The maximum atomic E-state index is 15.7. The van der Waals surface area contributed by atoms with E-state index in [2.05, 4.69) is 40.4 Å². The van der Waals surface area contributed by atoms with E-state index in [1.165, 1.54) is 38.8 Å². The first-order valence-corrected chi connectivity index (χ1v) is 14.6. The van der Waals surface area contributed by atoms with Gasteiger partial charge in [0, 0.05) is 36.5 Å². The van der Waals surface area contributed by atoms with Crippen molar-refractivity contribution in [3.05, 3.63) is 41.1 Å². The van der Waals surface area contributed by atoms with Crippen molar-refractivity contribution in [3.63, 3.8) is 0 Å². The number of ether oxygens (including phenoxy) is 1. The maximum absolute atomic E-state index is 15.7. The molecule has 2 atom stereocenters. The Morgan fingerprint density at radius 3 is 2.66 bits per heavy atom. The van der Waals surface area contributed by atoms with Crippen molar-refractivity contribution in [3.8, 4) is 6.07 Å². The van der Waals surface area contributed by atoms with Crippen molar-refractivity contribution in [1.29, 1.82) is 5.26 Å². The lowest BCUT2D eigenvalue weighted by Crippen LogP contribution is -2.45. The number of halogens is 2. The van der Waals surface area contributed by atoms with Gasteiger partial charge in [-0.15, -0.1) is 0 Å². The Morgan fingerprint density at radius 1 is 1.18 bits per heavy atom. The first-order valence-electron chi connectivity index (χ1n) is 14.3. The summed E-state index contributed by atoms with van der Waals surface area (Å²) < 4.78 is 21.5. The molecule has 9 heteroatoms. The summed E-state index contributed by atoms with van der Waals surface area (Å²) in [7, 11) is 0. The van der Waals surface area contributed by atoms with Gasteiger partial charge in [0.05, 0.1) is 30.3 Å². The van der Waals surface area contributed by atoms with Gasteiger partial charge in [0.2, 0.25) is 0 Å². The second-order valence-corrected chi connectivity index (χ2v) is 11.1. The molecule has 1 saturated carbocycles. The van der Waals surface area contributed by atoms with Crippen molar-refractivity contribution in [1.82, 2.24) is 15.2 Å². The third-order valence-corrected chi connectivity index (χ3v) is 8.06. The highest BCUT2D eigenvalue weighted by molar-refractivity contribution is 6.30. The number of hydrogen-bond donors (Lipinski definition) is 2. The number of anilines is 2. The maximum Gasteiger partial charge on any atom is 0.189 e. The van der Waals surface area contributed by atoms with Gasteiger partial charge in [0.15, 0.2) is 11.6 Å². The molecule has 1 aromatic heterocycles. The van der Waals surface area contributed by atoms with Gasteiger partial charge in [0.1, 0.15) is 5.82 Å². The fourth-order valence-electron chi connectivity index (χ4n) is 5.85. The molecular formula is C29H42ClFN6O. The largest absolute Gasteiger partial charge is 0.376 e. The van der Waals surface area contributed by atoms with Gasteiger partial charge in [-0.05, 0) is 82.7 Å². The standard InChI is InChI=1S/C29H42ClFN6O/c1-3-14-36(15-4-2)24-8-6-23(7-9-24)35-27-10-5-22(30)20-37(27)26-11-13-33-29(28(26)31)34-19-25-17-21(18-32)12-16-38-25/h5,10-11,13,21,23-25,35H,3-4,6-9,12,14-17,19-20H2,1-2H3,(H,33,34)/t21?,23-,24-,25?. The summed E-state index contributed by atoms with van der Waals surface area (Å²) >= 11 is 6.41. The predicted octanol–water partition coefficient (Wildman–Crippen LogP) is 5.76. The quantitative estimate of drug-likeness (QED) is 0.367. The van der Waals surface area contributed by atoms with Gasteiger partial charge >= 0.3 is 0 Å². The highest BCUT2D eigenvalue weighted by Crippen LogP contribution is 2.32. The van der Waals surface area contributed by atoms with E-state index >= 15 is 4.39 Å². The number of nitrogens with zero attached hydrogens (tertiary/aromatic N) is 4. The molecule has 3 heterocycles. The van der Waals surface area contributed by atoms with Gasteiger partial charge in [-0.3, -0.25) is 0 Å². The minimum atomic E-state index is -0.419. The van der Waals surface area contributed by atoms with Gasteiger partial charge in [-0.1, -0.05) is 25.4 Å². The van der Waals surface area contributed by atoms with Gasteiger partial charge in [-0.25, -0.2) is 9.37 Å². The third kappa shape index (κ3) is 7.40. The van der Waals surface area contributed by atoms with E-state index in [0.29, 0.717) is 48.9 Å². The molecule has 0 spiro atoms. The summed E-state index contributed by atoms with van der Waals surface area (Å²) in [5.74, 6) is 0.609. The summed E-state index contributed by atoms with van der Waals surface area (Å²) in [6, 6.07) is 5.01. The Kier molecular flexibility index (Phi) is 10.7. The summed E-state index contributed by atoms with van der Waals surface area (Å²) in [6.45, 7) is 8.20. The third-order valence-electron chi connectivity index (χ3n) is 7.82. The van der Waals surface area contributed by atoms with E-state index in [-0.39, 0.29) is 17.8 Å². The number of rotatable bonds is 11. The van der Waals surface area contributed by atoms with Gasteiger partial charge in [-0.2, -0.15) is 5.26 Å². The van der Waals surface area contributed by atoms with E-state index in [4.69, 9.17) is 16.3 Å². The first-order chi connectivity index (χ1) is 18.5. The van der Waals surface area contributed by atoms with Crippen LogP contribution in [0.5, 0.6) is 0 Å². The molecule has 208 valence electrons. The molecule has 1 aliphatic carbocycles. The molecule has 2 unspecified atom stereocenters.